The van der Waals surface area contributed by atoms with Crippen LogP contribution in [-0.2, 0) is 11.2 Å². The molecular weight excluding hydrogens is 470 g/mol. The average molecular weight is 492 g/mol. The van der Waals surface area contributed by atoms with Gasteiger partial charge in [0, 0.05) is 34.6 Å². The Kier molecular flexibility index (Phi) is 6.66. The first kappa shape index (κ1) is 21.8. The van der Waals surface area contributed by atoms with Crippen molar-refractivity contribution < 1.29 is 15.0 Å². The molecule has 4 aromatic rings. The molecule has 32 heavy (non-hydrogen) atoms. The molecular formula is C25H22BrN3O3. The molecule has 0 aliphatic rings. The maximum Gasteiger partial charge on any atom is 0.305 e. The third-order valence-electron chi connectivity index (χ3n) is 5.15. The first-order chi connectivity index (χ1) is 15.5. The van der Waals surface area contributed by atoms with Crippen LogP contribution in [0.2, 0.25) is 0 Å². The third kappa shape index (κ3) is 5.23. The van der Waals surface area contributed by atoms with Gasteiger partial charge >= 0.3 is 5.97 Å². The van der Waals surface area contributed by atoms with Crippen molar-refractivity contribution in [2.75, 3.05) is 18.0 Å². The Balaban J connectivity index is 1.80. The number of anilines is 1. The van der Waals surface area contributed by atoms with Gasteiger partial charge < -0.3 is 15.1 Å². The van der Waals surface area contributed by atoms with Crippen LogP contribution in [0.1, 0.15) is 12.0 Å². The summed E-state index contributed by atoms with van der Waals surface area (Å²) in [6, 6.07) is 22.7. The first-order valence-corrected chi connectivity index (χ1v) is 11.1. The summed E-state index contributed by atoms with van der Waals surface area (Å²) in [6.07, 6.45) is 0.737. The Morgan fingerprint density at radius 3 is 2.50 bits per heavy atom. The number of benzene rings is 3. The van der Waals surface area contributed by atoms with Crippen LogP contribution in [0.3, 0.4) is 0 Å². The van der Waals surface area contributed by atoms with E-state index in [1.165, 1.54) is 0 Å². The number of carboxylic acid groups (broad SMARTS) is 1. The van der Waals surface area contributed by atoms with Crippen LogP contribution in [0, 0.1) is 0 Å². The van der Waals surface area contributed by atoms with Crippen molar-refractivity contribution in [3.63, 3.8) is 0 Å². The molecule has 1 heterocycles. The number of fused-ring (bicyclic) bond motifs is 1. The van der Waals surface area contributed by atoms with E-state index in [4.69, 9.17) is 4.98 Å². The number of rotatable bonds is 8. The molecule has 3 aromatic carbocycles. The molecule has 6 nitrogen and oxygen atoms in total. The van der Waals surface area contributed by atoms with Crippen LogP contribution >= 0.6 is 15.9 Å². The van der Waals surface area contributed by atoms with Crippen molar-refractivity contribution in [3.8, 4) is 17.1 Å². The van der Waals surface area contributed by atoms with Crippen molar-refractivity contribution >= 4 is 38.6 Å². The second-order valence-corrected chi connectivity index (χ2v) is 8.36. The zero-order valence-corrected chi connectivity index (χ0v) is 18.9. The lowest BCUT2D eigenvalue weighted by molar-refractivity contribution is -0.136. The fraction of sp³-hybridized carbons (Fsp3) is 0.160. The van der Waals surface area contributed by atoms with Gasteiger partial charge in [-0.3, -0.25) is 4.79 Å². The Labute approximate surface area is 194 Å². The summed E-state index contributed by atoms with van der Waals surface area (Å²) in [6.45, 7) is 0.912. The molecule has 7 heteroatoms. The molecule has 0 spiro atoms. The van der Waals surface area contributed by atoms with Gasteiger partial charge in [0.1, 0.15) is 11.6 Å². The minimum Gasteiger partial charge on any atom is -0.508 e. The van der Waals surface area contributed by atoms with E-state index >= 15 is 0 Å². The van der Waals surface area contributed by atoms with Gasteiger partial charge in [-0.25, -0.2) is 9.97 Å². The predicted octanol–water partition coefficient (Wildman–Crippen LogP) is 5.29. The van der Waals surface area contributed by atoms with E-state index in [0.717, 1.165) is 27.4 Å². The Morgan fingerprint density at radius 1 is 0.938 bits per heavy atom. The molecule has 1 aromatic heterocycles. The molecule has 0 fully saturated rings. The fourth-order valence-electron chi connectivity index (χ4n) is 3.56. The van der Waals surface area contributed by atoms with Gasteiger partial charge in [-0.15, -0.1) is 0 Å². The van der Waals surface area contributed by atoms with E-state index in [-0.39, 0.29) is 12.2 Å². The van der Waals surface area contributed by atoms with Gasteiger partial charge in [-0.05, 0) is 36.2 Å². The summed E-state index contributed by atoms with van der Waals surface area (Å²) in [5.74, 6) is 0.420. The molecule has 0 aliphatic carbocycles. The number of hydrogen-bond donors (Lipinski definition) is 2. The molecule has 0 saturated carbocycles. The highest BCUT2D eigenvalue weighted by molar-refractivity contribution is 9.10. The molecule has 162 valence electrons. The molecule has 0 saturated heterocycles. The van der Waals surface area contributed by atoms with E-state index in [9.17, 15) is 15.0 Å². The van der Waals surface area contributed by atoms with Crippen molar-refractivity contribution in [2.45, 2.75) is 12.8 Å². The minimum atomic E-state index is -0.863. The van der Waals surface area contributed by atoms with Crippen LogP contribution < -0.4 is 4.90 Å². The smallest absolute Gasteiger partial charge is 0.305 e. The zero-order valence-electron chi connectivity index (χ0n) is 17.3. The number of phenolic OH excluding ortho intramolecular Hbond substituents is 1. The number of carbonyl (C=O) groups is 1. The second kappa shape index (κ2) is 9.78. The monoisotopic (exact) mass is 491 g/mol. The van der Waals surface area contributed by atoms with E-state index < -0.39 is 5.97 Å². The lowest BCUT2D eigenvalue weighted by atomic mass is 10.1. The standard InChI is InChI=1S/C25H22BrN3O3/c26-19-8-4-7-18(15-19)24-27-22-16-20(30)9-10-21(22)25(28-24)29(14-12-23(31)32)13-11-17-5-2-1-3-6-17/h1-10,15-16,30H,11-14H2,(H,31,32). The number of nitrogens with zero attached hydrogens (tertiary/aromatic N) is 3. The quantitative estimate of drug-likeness (QED) is 0.348. The van der Waals surface area contributed by atoms with Crippen molar-refractivity contribution in [1.29, 1.82) is 0 Å². The number of aromatic hydroxyl groups is 1. The molecule has 0 unspecified atom stereocenters. The van der Waals surface area contributed by atoms with E-state index in [1.807, 2.05) is 47.4 Å². The molecule has 0 atom stereocenters. The number of aromatic nitrogens is 2. The van der Waals surface area contributed by atoms with Crippen molar-refractivity contribution in [2.24, 2.45) is 0 Å². The van der Waals surface area contributed by atoms with Crippen LogP contribution in [0.5, 0.6) is 5.75 Å². The minimum absolute atomic E-state index is 0.00934. The van der Waals surface area contributed by atoms with Crippen LogP contribution in [-0.4, -0.2) is 39.2 Å². The van der Waals surface area contributed by atoms with Gasteiger partial charge in [0.25, 0.3) is 0 Å². The SMILES string of the molecule is O=C(O)CCN(CCc1ccccc1)c1nc(-c2cccc(Br)c2)nc2cc(O)ccc12. The van der Waals surface area contributed by atoms with Gasteiger partial charge in [0.2, 0.25) is 0 Å². The molecule has 0 aliphatic heterocycles. The summed E-state index contributed by atoms with van der Waals surface area (Å²) < 4.78 is 0.906. The number of phenols is 1. The van der Waals surface area contributed by atoms with E-state index in [0.29, 0.717) is 30.2 Å². The largest absolute Gasteiger partial charge is 0.508 e. The highest BCUT2D eigenvalue weighted by atomic mass is 79.9. The maximum atomic E-state index is 11.3. The predicted molar refractivity (Wildman–Crippen MR) is 129 cm³/mol. The van der Waals surface area contributed by atoms with Crippen LogP contribution in [0.4, 0.5) is 5.82 Å². The van der Waals surface area contributed by atoms with Gasteiger partial charge in [0.05, 0.1) is 11.9 Å². The first-order valence-electron chi connectivity index (χ1n) is 10.3. The highest BCUT2D eigenvalue weighted by Gasteiger charge is 2.17. The second-order valence-electron chi connectivity index (χ2n) is 7.45. The molecule has 4 rings (SSSR count). The molecule has 0 amide bonds. The Bertz CT molecular complexity index is 1250. The average Bonchev–Trinajstić information content (AvgIpc) is 2.79. The number of hydrogen-bond acceptors (Lipinski definition) is 5. The Morgan fingerprint density at radius 2 is 1.75 bits per heavy atom. The fourth-order valence-corrected chi connectivity index (χ4v) is 3.96. The summed E-state index contributed by atoms with van der Waals surface area (Å²) in [5, 5.41) is 20.1. The Hall–Kier alpha value is -3.45. The van der Waals surface area contributed by atoms with E-state index in [1.54, 1.807) is 18.2 Å². The summed E-state index contributed by atoms with van der Waals surface area (Å²) in [5.41, 5.74) is 2.59. The van der Waals surface area contributed by atoms with Gasteiger partial charge in [0.15, 0.2) is 5.82 Å². The number of aliphatic carboxylic acids is 1. The van der Waals surface area contributed by atoms with Crippen LogP contribution in [0.25, 0.3) is 22.3 Å². The maximum absolute atomic E-state index is 11.3. The topological polar surface area (TPSA) is 86.5 Å². The molecule has 0 bridgehead atoms. The summed E-state index contributed by atoms with van der Waals surface area (Å²) in [7, 11) is 0. The normalized spacial score (nSPS) is 10.9. The van der Waals surface area contributed by atoms with Crippen molar-refractivity contribution in [3.05, 3.63) is 82.8 Å². The number of carboxylic acids is 1. The third-order valence-corrected chi connectivity index (χ3v) is 5.64. The highest BCUT2D eigenvalue weighted by Crippen LogP contribution is 2.31. The van der Waals surface area contributed by atoms with E-state index in [2.05, 4.69) is 33.0 Å². The zero-order chi connectivity index (χ0) is 22.5. The molecule has 2 N–H and O–H groups in total. The lowest BCUT2D eigenvalue weighted by Crippen LogP contribution is -2.29. The summed E-state index contributed by atoms with van der Waals surface area (Å²) in [4.78, 5) is 22.9. The molecule has 0 radical (unpaired) electrons. The van der Waals surface area contributed by atoms with Crippen molar-refractivity contribution in [1.82, 2.24) is 9.97 Å². The van der Waals surface area contributed by atoms with Gasteiger partial charge in [-0.2, -0.15) is 0 Å². The lowest BCUT2D eigenvalue weighted by Gasteiger charge is -2.25. The number of halogens is 1. The summed E-state index contributed by atoms with van der Waals surface area (Å²) >= 11 is 3.49. The van der Waals surface area contributed by atoms with Crippen LogP contribution in [0.15, 0.2) is 77.3 Å². The van der Waals surface area contributed by atoms with Gasteiger partial charge in [-0.1, -0.05) is 58.4 Å².